The van der Waals surface area contributed by atoms with E-state index in [1.165, 1.54) is 6.07 Å². The van der Waals surface area contributed by atoms with Gasteiger partial charge in [0, 0.05) is 31.2 Å². The van der Waals surface area contributed by atoms with Crippen LogP contribution in [0.4, 0.5) is 4.39 Å². The molecule has 1 aliphatic rings. The molecule has 5 heteroatoms. The van der Waals surface area contributed by atoms with Gasteiger partial charge in [-0.25, -0.2) is 4.39 Å². The number of nitrogens with zero attached hydrogens (tertiary/aromatic N) is 1. The summed E-state index contributed by atoms with van der Waals surface area (Å²) in [4.78, 5) is 13.9. The number of halogens is 2. The molecule has 0 radical (unpaired) electrons. The van der Waals surface area contributed by atoms with Gasteiger partial charge < -0.3 is 10.2 Å². The number of rotatable bonds is 1. The molecular weight excluding hydrogens is 287 g/mol. The maximum atomic E-state index is 13.4. The molecule has 1 aromatic rings. The van der Waals surface area contributed by atoms with E-state index in [1.54, 1.807) is 17.0 Å². The maximum absolute atomic E-state index is 13.4. The average Bonchev–Trinajstić information content (AvgIpc) is 2.32. The molecule has 17 heavy (non-hydrogen) atoms. The Morgan fingerprint density at radius 3 is 3.00 bits per heavy atom. The molecule has 1 amide bonds. The van der Waals surface area contributed by atoms with Crippen molar-refractivity contribution in [2.45, 2.75) is 13.0 Å². The number of carbonyl (C=O) groups excluding carboxylic acids is 1. The van der Waals surface area contributed by atoms with Gasteiger partial charge in [-0.05, 0) is 41.1 Å². The summed E-state index contributed by atoms with van der Waals surface area (Å²) in [6.07, 6.45) is 0. The molecule has 1 aliphatic heterocycles. The smallest absolute Gasteiger partial charge is 0.254 e. The van der Waals surface area contributed by atoms with Gasteiger partial charge in [-0.2, -0.15) is 0 Å². The lowest BCUT2D eigenvalue weighted by Crippen LogP contribution is -2.51. The molecule has 1 fully saturated rings. The van der Waals surface area contributed by atoms with Crippen molar-refractivity contribution in [1.29, 1.82) is 0 Å². The molecule has 1 atom stereocenters. The third-order valence-electron chi connectivity index (χ3n) is 2.82. The van der Waals surface area contributed by atoms with Crippen LogP contribution >= 0.6 is 15.9 Å². The Morgan fingerprint density at radius 1 is 1.59 bits per heavy atom. The summed E-state index contributed by atoms with van der Waals surface area (Å²) in [7, 11) is 0. The maximum Gasteiger partial charge on any atom is 0.254 e. The predicted molar refractivity (Wildman–Crippen MR) is 67.5 cm³/mol. The highest BCUT2D eigenvalue weighted by molar-refractivity contribution is 9.10. The summed E-state index contributed by atoms with van der Waals surface area (Å²) < 4.78 is 13.7. The lowest BCUT2D eigenvalue weighted by atomic mass is 10.1. The van der Waals surface area contributed by atoms with Crippen molar-refractivity contribution >= 4 is 21.8 Å². The minimum atomic E-state index is -0.404. The molecule has 0 bridgehead atoms. The summed E-state index contributed by atoms with van der Waals surface area (Å²) in [5.74, 6) is -0.510. The van der Waals surface area contributed by atoms with Crippen molar-refractivity contribution in [3.05, 3.63) is 34.1 Å². The van der Waals surface area contributed by atoms with E-state index < -0.39 is 5.82 Å². The summed E-state index contributed by atoms with van der Waals surface area (Å²) in [6, 6.07) is 4.77. The van der Waals surface area contributed by atoms with Crippen LogP contribution in [0, 0.1) is 5.82 Å². The van der Waals surface area contributed by atoms with Gasteiger partial charge >= 0.3 is 0 Å². The molecule has 3 nitrogen and oxygen atoms in total. The highest BCUT2D eigenvalue weighted by Crippen LogP contribution is 2.17. The zero-order valence-corrected chi connectivity index (χ0v) is 11.1. The summed E-state index contributed by atoms with van der Waals surface area (Å²) in [5, 5.41) is 3.26. The van der Waals surface area contributed by atoms with Gasteiger partial charge in [-0.15, -0.1) is 0 Å². The molecule has 1 N–H and O–H groups in total. The molecule has 0 spiro atoms. The third-order valence-corrected chi connectivity index (χ3v) is 3.47. The lowest BCUT2D eigenvalue weighted by molar-refractivity contribution is 0.0708. The molecule has 1 heterocycles. The highest BCUT2D eigenvalue weighted by atomic mass is 79.9. The largest absolute Gasteiger partial charge is 0.336 e. The zero-order chi connectivity index (χ0) is 12.4. The molecule has 92 valence electrons. The fourth-order valence-electron chi connectivity index (χ4n) is 1.93. The van der Waals surface area contributed by atoms with E-state index in [9.17, 15) is 9.18 Å². The minimum Gasteiger partial charge on any atom is -0.336 e. The van der Waals surface area contributed by atoms with E-state index in [4.69, 9.17) is 0 Å². The quantitative estimate of drug-likeness (QED) is 0.861. The Kier molecular flexibility index (Phi) is 3.79. The number of benzene rings is 1. The first-order valence-corrected chi connectivity index (χ1v) is 6.35. The van der Waals surface area contributed by atoms with Gasteiger partial charge in [-0.3, -0.25) is 4.79 Å². The number of carbonyl (C=O) groups is 1. The van der Waals surface area contributed by atoms with Gasteiger partial charge in [0.1, 0.15) is 5.82 Å². The number of amides is 1. The lowest BCUT2D eigenvalue weighted by Gasteiger charge is -2.32. The van der Waals surface area contributed by atoms with Gasteiger partial charge in [0.25, 0.3) is 5.91 Å². The molecular formula is C12H14BrFN2O. The first-order chi connectivity index (χ1) is 8.08. The van der Waals surface area contributed by atoms with E-state index >= 15 is 0 Å². The Morgan fingerprint density at radius 2 is 2.35 bits per heavy atom. The molecule has 1 aromatic carbocycles. The number of hydrogen-bond donors (Lipinski definition) is 1. The Labute approximate surface area is 108 Å². The van der Waals surface area contributed by atoms with Crippen molar-refractivity contribution in [1.82, 2.24) is 10.2 Å². The predicted octanol–water partition coefficient (Wildman–Crippen LogP) is 2.02. The number of nitrogens with one attached hydrogen (secondary N) is 1. The number of piperazine rings is 1. The van der Waals surface area contributed by atoms with Gasteiger partial charge in [0.15, 0.2) is 0 Å². The van der Waals surface area contributed by atoms with E-state index in [0.29, 0.717) is 23.1 Å². The fourth-order valence-corrected chi connectivity index (χ4v) is 2.18. The first kappa shape index (κ1) is 12.5. The molecule has 0 aliphatic carbocycles. The van der Waals surface area contributed by atoms with Crippen molar-refractivity contribution in [3.8, 4) is 0 Å². The van der Waals surface area contributed by atoms with Crippen LogP contribution in [-0.4, -0.2) is 36.5 Å². The Bertz CT molecular complexity index is 439. The second-order valence-corrected chi connectivity index (χ2v) is 5.09. The van der Waals surface area contributed by atoms with E-state index in [-0.39, 0.29) is 11.9 Å². The monoisotopic (exact) mass is 300 g/mol. The topological polar surface area (TPSA) is 32.3 Å². The number of hydrogen-bond acceptors (Lipinski definition) is 2. The molecule has 0 aromatic heterocycles. The molecule has 1 saturated heterocycles. The van der Waals surface area contributed by atoms with Gasteiger partial charge in [-0.1, -0.05) is 0 Å². The van der Waals surface area contributed by atoms with Crippen molar-refractivity contribution in [2.24, 2.45) is 0 Å². The highest BCUT2D eigenvalue weighted by Gasteiger charge is 2.22. The molecule has 0 unspecified atom stereocenters. The van der Waals surface area contributed by atoms with Crippen LogP contribution in [0.15, 0.2) is 22.7 Å². The van der Waals surface area contributed by atoms with Crippen LogP contribution in [0.3, 0.4) is 0 Å². The zero-order valence-electron chi connectivity index (χ0n) is 9.54. The van der Waals surface area contributed by atoms with Crippen molar-refractivity contribution in [2.75, 3.05) is 19.6 Å². The van der Waals surface area contributed by atoms with Gasteiger partial charge in [0.05, 0.1) is 4.47 Å². The van der Waals surface area contributed by atoms with Crippen LogP contribution in [0.2, 0.25) is 0 Å². The van der Waals surface area contributed by atoms with Crippen LogP contribution in [0.5, 0.6) is 0 Å². The third kappa shape index (κ3) is 2.84. The fraction of sp³-hybridized carbons (Fsp3) is 0.417. The Balaban J connectivity index is 2.15. The minimum absolute atomic E-state index is 0.107. The normalized spacial score (nSPS) is 20.4. The van der Waals surface area contributed by atoms with Crippen molar-refractivity contribution < 1.29 is 9.18 Å². The first-order valence-electron chi connectivity index (χ1n) is 5.55. The Hall–Kier alpha value is -0.940. The van der Waals surface area contributed by atoms with Crippen LogP contribution < -0.4 is 5.32 Å². The van der Waals surface area contributed by atoms with E-state index in [2.05, 4.69) is 21.2 Å². The van der Waals surface area contributed by atoms with Crippen molar-refractivity contribution in [3.63, 3.8) is 0 Å². The van der Waals surface area contributed by atoms with Crippen LogP contribution in [0.1, 0.15) is 17.3 Å². The second kappa shape index (κ2) is 5.14. The molecule has 2 rings (SSSR count). The average molecular weight is 301 g/mol. The standard InChI is InChI=1S/C12H14BrFN2O/c1-8-7-16(5-4-15-8)12(17)9-2-3-10(13)11(14)6-9/h2-3,6,8,15H,4-5,7H2,1H3/t8-/m0/s1. The SMILES string of the molecule is C[C@H]1CN(C(=O)c2ccc(Br)c(F)c2)CCN1. The van der Waals surface area contributed by atoms with Crippen LogP contribution in [0.25, 0.3) is 0 Å². The summed E-state index contributed by atoms with van der Waals surface area (Å²) in [6.45, 7) is 4.14. The van der Waals surface area contributed by atoms with Gasteiger partial charge in [0.2, 0.25) is 0 Å². The molecule has 0 saturated carbocycles. The van der Waals surface area contributed by atoms with E-state index in [1.807, 2.05) is 6.92 Å². The summed E-state index contributed by atoms with van der Waals surface area (Å²) >= 11 is 3.07. The summed E-state index contributed by atoms with van der Waals surface area (Å²) in [5.41, 5.74) is 0.403. The second-order valence-electron chi connectivity index (χ2n) is 4.24. The van der Waals surface area contributed by atoms with E-state index in [0.717, 1.165) is 6.54 Å². The van der Waals surface area contributed by atoms with Crippen LogP contribution in [-0.2, 0) is 0 Å².